The van der Waals surface area contributed by atoms with E-state index >= 15 is 4.57 Å². The lowest BCUT2D eigenvalue weighted by Gasteiger charge is -2.44. The van der Waals surface area contributed by atoms with Crippen molar-refractivity contribution in [2.45, 2.75) is 5.16 Å². The van der Waals surface area contributed by atoms with Gasteiger partial charge in [-0.2, -0.15) is 4.99 Å². The van der Waals surface area contributed by atoms with Crippen LogP contribution in [0.5, 0.6) is 11.5 Å². The van der Waals surface area contributed by atoms with Gasteiger partial charge in [0.05, 0.1) is 11.0 Å². The van der Waals surface area contributed by atoms with Crippen molar-refractivity contribution in [1.82, 2.24) is 0 Å². The summed E-state index contributed by atoms with van der Waals surface area (Å²) in [7, 11) is -3.92. The number of fused-ring (bicyclic) bond motifs is 3. The molecule has 0 aromatic heterocycles. The first-order valence-corrected chi connectivity index (χ1v) is 14.1. The van der Waals surface area contributed by atoms with E-state index in [2.05, 4.69) is 4.99 Å². The maximum Gasteiger partial charge on any atom is 0.296 e. The Morgan fingerprint density at radius 2 is 1.27 bits per heavy atom. The zero-order chi connectivity index (χ0) is 27.6. The Kier molecular flexibility index (Phi) is 6.38. The van der Waals surface area contributed by atoms with E-state index in [0.717, 1.165) is 16.7 Å². The molecule has 6 rings (SSSR count). The number of hydrogen-bond donors (Lipinski definition) is 0. The standard InChI is InChI=1S/C33H21N2O4P/c34-22-38-28-20-16-26(17-21-28)33(24-8-2-1-3-9-24,25-14-18-27(19-15-25)35-23-36)40(37)32-13-7-5-11-30(32)29-10-4-6-12-31(29)39-40/h1-21H. The minimum absolute atomic E-state index is 0.359. The zero-order valence-corrected chi connectivity index (χ0v) is 22.0. The van der Waals surface area contributed by atoms with Crippen molar-refractivity contribution in [3.05, 3.63) is 144 Å². The SMILES string of the molecule is N#COc1ccc(C(c2ccccc2)(c2ccc(N=C=O)cc2)P2(=O)Oc3ccccc3-c3ccccc32)cc1. The van der Waals surface area contributed by atoms with E-state index in [-0.39, 0.29) is 0 Å². The summed E-state index contributed by atoms with van der Waals surface area (Å²) in [6.45, 7) is 0. The summed E-state index contributed by atoms with van der Waals surface area (Å²) in [5, 5.41) is 8.30. The second-order valence-electron chi connectivity index (χ2n) is 9.20. The third-order valence-electron chi connectivity index (χ3n) is 7.15. The van der Waals surface area contributed by atoms with Crippen LogP contribution in [-0.4, -0.2) is 6.08 Å². The minimum Gasteiger partial charge on any atom is -0.438 e. The number of nitriles is 1. The molecule has 1 aliphatic rings. The van der Waals surface area contributed by atoms with Crippen LogP contribution in [0.2, 0.25) is 0 Å². The van der Waals surface area contributed by atoms with Crippen molar-refractivity contribution in [3.63, 3.8) is 0 Å². The molecule has 0 N–H and O–H groups in total. The van der Waals surface area contributed by atoms with Crippen LogP contribution in [0.25, 0.3) is 11.1 Å². The number of hydrogen-bond acceptors (Lipinski definition) is 6. The first-order chi connectivity index (χ1) is 19.6. The van der Waals surface area contributed by atoms with Gasteiger partial charge < -0.3 is 9.26 Å². The van der Waals surface area contributed by atoms with Crippen LogP contribution < -0.4 is 14.6 Å². The zero-order valence-electron chi connectivity index (χ0n) is 21.1. The molecule has 1 aliphatic heterocycles. The predicted molar refractivity (Wildman–Crippen MR) is 153 cm³/mol. The molecule has 7 heteroatoms. The van der Waals surface area contributed by atoms with Gasteiger partial charge in [-0.05, 0) is 58.7 Å². The smallest absolute Gasteiger partial charge is 0.296 e. The Morgan fingerprint density at radius 3 is 1.95 bits per heavy atom. The van der Waals surface area contributed by atoms with Crippen molar-refractivity contribution in [1.29, 1.82) is 5.26 Å². The van der Waals surface area contributed by atoms with E-state index in [1.165, 1.54) is 0 Å². The van der Waals surface area contributed by atoms with Gasteiger partial charge in [-0.3, -0.25) is 4.57 Å². The van der Waals surface area contributed by atoms with E-state index in [0.29, 0.717) is 33.6 Å². The third-order valence-corrected chi connectivity index (χ3v) is 10.3. The second-order valence-corrected chi connectivity index (χ2v) is 11.6. The average molecular weight is 541 g/mol. The highest BCUT2D eigenvalue weighted by atomic mass is 31.2. The lowest BCUT2D eigenvalue weighted by Crippen LogP contribution is -2.37. The van der Waals surface area contributed by atoms with E-state index in [9.17, 15) is 4.79 Å². The fourth-order valence-electron chi connectivity index (χ4n) is 5.50. The first kappa shape index (κ1) is 25.1. The van der Waals surface area contributed by atoms with Crippen molar-refractivity contribution in [2.24, 2.45) is 4.99 Å². The summed E-state index contributed by atoms with van der Waals surface area (Å²) in [5.41, 5.74) is 4.21. The van der Waals surface area contributed by atoms with Gasteiger partial charge in [0.1, 0.15) is 16.7 Å². The molecule has 0 amide bonds. The van der Waals surface area contributed by atoms with E-state index < -0.39 is 12.5 Å². The number of isocyanates is 1. The van der Waals surface area contributed by atoms with Crippen molar-refractivity contribution >= 4 is 24.4 Å². The fourth-order valence-corrected chi connectivity index (χ4v) is 8.79. The van der Waals surface area contributed by atoms with Gasteiger partial charge >= 0.3 is 0 Å². The number of carbonyl (C=O) groups excluding carboxylic acids is 1. The maximum absolute atomic E-state index is 16.1. The normalized spacial score (nSPS) is 16.6. The van der Waals surface area contributed by atoms with Gasteiger partial charge in [0.25, 0.3) is 13.6 Å². The average Bonchev–Trinajstić information content (AvgIpc) is 3.00. The second kappa shape index (κ2) is 10.2. The highest BCUT2D eigenvalue weighted by molar-refractivity contribution is 7.69. The largest absolute Gasteiger partial charge is 0.438 e. The van der Waals surface area contributed by atoms with Gasteiger partial charge in [-0.15, -0.1) is 5.26 Å². The Hall–Kier alpha value is -5.20. The Morgan fingerprint density at radius 1 is 0.700 bits per heavy atom. The Balaban J connectivity index is 1.75. The predicted octanol–water partition coefficient (Wildman–Crippen LogP) is 7.47. The number of para-hydroxylation sites is 1. The topological polar surface area (TPSA) is 88.8 Å². The molecule has 0 fully saturated rings. The molecule has 6 nitrogen and oxygen atoms in total. The van der Waals surface area contributed by atoms with Crippen molar-refractivity contribution in [2.75, 3.05) is 0 Å². The molecule has 0 bridgehead atoms. The van der Waals surface area contributed by atoms with Crippen LogP contribution >= 0.6 is 7.37 Å². The molecule has 0 saturated carbocycles. The number of benzene rings is 5. The van der Waals surface area contributed by atoms with E-state index in [1.807, 2.05) is 103 Å². The summed E-state index contributed by atoms with van der Waals surface area (Å²) in [5.74, 6) is 0.883. The van der Waals surface area contributed by atoms with E-state index in [4.69, 9.17) is 14.5 Å². The van der Waals surface area contributed by atoms with Crippen LogP contribution in [-0.2, 0) is 14.5 Å². The van der Waals surface area contributed by atoms with Crippen LogP contribution in [0, 0.1) is 11.5 Å². The summed E-state index contributed by atoms with van der Waals surface area (Å²) < 4.78 is 27.8. The number of rotatable bonds is 6. The van der Waals surface area contributed by atoms with Crippen LogP contribution in [0.1, 0.15) is 16.7 Å². The molecule has 0 radical (unpaired) electrons. The number of aliphatic imine (C=N–C) groups is 1. The number of nitrogens with zero attached hydrogens (tertiary/aromatic N) is 2. The van der Waals surface area contributed by atoms with Gasteiger partial charge in [-0.1, -0.05) is 91.0 Å². The van der Waals surface area contributed by atoms with Crippen LogP contribution in [0.3, 0.4) is 0 Å². The maximum atomic E-state index is 16.1. The molecule has 192 valence electrons. The summed E-state index contributed by atoms with van der Waals surface area (Å²) in [4.78, 5) is 14.7. The molecule has 2 unspecified atom stereocenters. The third kappa shape index (κ3) is 3.85. The Labute approximate surface area is 231 Å². The summed E-state index contributed by atoms with van der Waals surface area (Å²) in [6, 6.07) is 38.8. The summed E-state index contributed by atoms with van der Waals surface area (Å²) >= 11 is 0. The molecule has 0 aliphatic carbocycles. The molecule has 0 spiro atoms. The van der Waals surface area contributed by atoms with Crippen molar-refractivity contribution < 1.29 is 18.6 Å². The molecule has 1 heterocycles. The lowest BCUT2D eigenvalue weighted by molar-refractivity contribution is 0.468. The lowest BCUT2D eigenvalue weighted by atomic mass is 9.84. The molecular weight excluding hydrogens is 519 g/mol. The van der Waals surface area contributed by atoms with E-state index in [1.54, 1.807) is 36.6 Å². The van der Waals surface area contributed by atoms with Crippen LogP contribution in [0.4, 0.5) is 5.69 Å². The molecule has 40 heavy (non-hydrogen) atoms. The van der Waals surface area contributed by atoms with Crippen LogP contribution in [0.15, 0.2) is 132 Å². The fraction of sp³-hybridized carbons (Fsp3) is 0.0303. The molecule has 2 atom stereocenters. The number of ether oxygens (including phenoxy) is 1. The highest BCUT2D eigenvalue weighted by Gasteiger charge is 2.57. The Bertz CT molecular complexity index is 1840. The minimum atomic E-state index is -3.92. The highest BCUT2D eigenvalue weighted by Crippen LogP contribution is 2.71. The van der Waals surface area contributed by atoms with Gasteiger partial charge in [-0.25, -0.2) is 4.79 Å². The molecule has 5 aromatic carbocycles. The first-order valence-electron chi connectivity index (χ1n) is 12.5. The van der Waals surface area contributed by atoms with Gasteiger partial charge in [0, 0.05) is 5.56 Å². The molecule has 0 saturated heterocycles. The van der Waals surface area contributed by atoms with Gasteiger partial charge in [0.15, 0.2) is 0 Å². The van der Waals surface area contributed by atoms with Crippen molar-refractivity contribution in [3.8, 4) is 28.9 Å². The quantitative estimate of drug-likeness (QED) is 0.0733. The molecule has 5 aromatic rings. The molecular formula is C33H21N2O4P. The monoisotopic (exact) mass is 540 g/mol. The summed E-state index contributed by atoms with van der Waals surface area (Å²) in [6.07, 6.45) is 3.27. The van der Waals surface area contributed by atoms with Gasteiger partial charge in [0.2, 0.25) is 6.08 Å².